The highest BCUT2D eigenvalue weighted by molar-refractivity contribution is 5.66. The van der Waals surface area contributed by atoms with Gasteiger partial charge in [0.1, 0.15) is 0 Å². The van der Waals surface area contributed by atoms with Crippen LogP contribution in [0.5, 0.6) is 0 Å². The molecule has 0 saturated heterocycles. The number of alkyl halides is 3. The number of hydrogen-bond donors (Lipinski definition) is 2. The van der Waals surface area contributed by atoms with Gasteiger partial charge in [-0.25, -0.2) is 0 Å². The quantitative estimate of drug-likeness (QED) is 0.508. The molecule has 3 aromatic rings. The number of nitrogens with one attached hydrogen (secondary N) is 1. The van der Waals surface area contributed by atoms with E-state index in [0.717, 1.165) is 28.8 Å². The minimum Gasteiger partial charge on any atom is -0.481 e. The van der Waals surface area contributed by atoms with Crippen molar-refractivity contribution in [2.45, 2.75) is 32.0 Å². The number of hydrogen-bond acceptors (Lipinski definition) is 5. The van der Waals surface area contributed by atoms with Gasteiger partial charge in [-0.3, -0.25) is 4.79 Å². The van der Waals surface area contributed by atoms with Gasteiger partial charge in [0.05, 0.1) is 12.0 Å². The fraction of sp³-hybridized carbons (Fsp3) is 0.286. The van der Waals surface area contributed by atoms with Crippen LogP contribution in [0.15, 0.2) is 53.1 Å². The van der Waals surface area contributed by atoms with E-state index in [4.69, 9.17) is 9.63 Å². The number of aryl methyl sites for hydroxylation is 2. The van der Waals surface area contributed by atoms with E-state index in [1.165, 1.54) is 12.1 Å². The normalized spacial score (nSPS) is 11.6. The average molecular weight is 419 g/mol. The number of carboxylic acid groups (broad SMARTS) is 1. The molecule has 9 heteroatoms. The van der Waals surface area contributed by atoms with Crippen molar-refractivity contribution in [1.82, 2.24) is 15.5 Å². The number of nitrogens with zero attached hydrogens (tertiary/aromatic N) is 2. The van der Waals surface area contributed by atoms with E-state index in [1.54, 1.807) is 0 Å². The summed E-state index contributed by atoms with van der Waals surface area (Å²) in [6.07, 6.45) is -3.37. The summed E-state index contributed by atoms with van der Waals surface area (Å²) in [6, 6.07) is 12.5. The van der Waals surface area contributed by atoms with Crippen molar-refractivity contribution in [3.63, 3.8) is 0 Å². The first-order valence-corrected chi connectivity index (χ1v) is 9.32. The Morgan fingerprint density at radius 2 is 1.67 bits per heavy atom. The fourth-order valence-electron chi connectivity index (χ4n) is 2.79. The molecule has 0 bridgehead atoms. The Balaban J connectivity index is 1.52. The lowest BCUT2D eigenvalue weighted by Gasteiger charge is -2.06. The molecule has 30 heavy (non-hydrogen) atoms. The molecule has 0 fully saturated rings. The minimum absolute atomic E-state index is 0.0657. The second-order valence-electron chi connectivity index (χ2n) is 6.72. The lowest BCUT2D eigenvalue weighted by molar-refractivity contribution is -0.138. The van der Waals surface area contributed by atoms with Crippen LogP contribution in [-0.2, 0) is 30.4 Å². The van der Waals surface area contributed by atoms with E-state index in [1.807, 2.05) is 24.3 Å². The summed E-state index contributed by atoms with van der Waals surface area (Å²) in [6.45, 7) is 0.947. The van der Waals surface area contributed by atoms with Crippen LogP contribution < -0.4 is 5.32 Å². The first-order chi connectivity index (χ1) is 14.3. The predicted molar refractivity (Wildman–Crippen MR) is 103 cm³/mol. The molecule has 1 aromatic heterocycles. The molecule has 0 atom stereocenters. The number of carboxylic acids is 1. The first-order valence-electron chi connectivity index (χ1n) is 9.32. The van der Waals surface area contributed by atoms with Gasteiger partial charge < -0.3 is 14.9 Å². The van der Waals surface area contributed by atoms with Crippen molar-refractivity contribution in [3.8, 4) is 11.4 Å². The largest absolute Gasteiger partial charge is 0.481 e. The zero-order chi connectivity index (χ0) is 21.6. The summed E-state index contributed by atoms with van der Waals surface area (Å²) >= 11 is 0. The highest BCUT2D eigenvalue weighted by Gasteiger charge is 2.29. The van der Waals surface area contributed by atoms with Gasteiger partial charge in [-0.2, -0.15) is 18.2 Å². The highest BCUT2D eigenvalue weighted by atomic mass is 19.4. The van der Waals surface area contributed by atoms with E-state index in [9.17, 15) is 18.0 Å². The standard InChI is InChI=1S/C21H20F3N3O3/c22-21(23,24)17-8-3-14(4-9-17)5-10-18-26-20(27-30-18)16-6-1-15(2-7-16)13-25-12-11-19(28)29/h1-4,6-9,25H,5,10-13H2,(H,28,29). The van der Waals surface area contributed by atoms with Crippen molar-refractivity contribution in [2.24, 2.45) is 0 Å². The maximum absolute atomic E-state index is 12.6. The Morgan fingerprint density at radius 1 is 1.00 bits per heavy atom. The minimum atomic E-state index is -4.34. The molecule has 0 aliphatic heterocycles. The maximum atomic E-state index is 12.6. The van der Waals surface area contributed by atoms with Crippen molar-refractivity contribution in [2.75, 3.05) is 6.54 Å². The average Bonchev–Trinajstić information content (AvgIpc) is 3.19. The lowest BCUT2D eigenvalue weighted by Crippen LogP contribution is -2.17. The third-order valence-electron chi connectivity index (χ3n) is 4.43. The summed E-state index contributed by atoms with van der Waals surface area (Å²) < 4.78 is 43.1. The number of halogens is 3. The Bertz CT molecular complexity index is 968. The fourth-order valence-corrected chi connectivity index (χ4v) is 2.79. The van der Waals surface area contributed by atoms with E-state index < -0.39 is 17.7 Å². The summed E-state index contributed by atoms with van der Waals surface area (Å²) in [5.74, 6) is -0.00352. The number of benzene rings is 2. The van der Waals surface area contributed by atoms with Gasteiger partial charge in [0.2, 0.25) is 11.7 Å². The van der Waals surface area contributed by atoms with Gasteiger partial charge in [0.15, 0.2) is 0 Å². The molecule has 158 valence electrons. The Kier molecular flexibility index (Phi) is 6.83. The molecular weight excluding hydrogens is 399 g/mol. The van der Waals surface area contributed by atoms with E-state index in [2.05, 4.69) is 15.5 Å². The van der Waals surface area contributed by atoms with Gasteiger partial charge in [0.25, 0.3) is 0 Å². The van der Waals surface area contributed by atoms with Crippen molar-refractivity contribution in [1.29, 1.82) is 0 Å². The molecule has 2 N–H and O–H groups in total. The van der Waals surface area contributed by atoms with Crippen LogP contribution in [-0.4, -0.2) is 27.8 Å². The predicted octanol–water partition coefficient (Wildman–Crippen LogP) is 4.10. The first kappa shape index (κ1) is 21.5. The smallest absolute Gasteiger partial charge is 0.416 e. The van der Waals surface area contributed by atoms with E-state index >= 15 is 0 Å². The molecule has 0 spiro atoms. The molecule has 0 aliphatic carbocycles. The van der Waals surface area contributed by atoms with Crippen LogP contribution in [0, 0.1) is 0 Å². The Morgan fingerprint density at radius 3 is 2.30 bits per heavy atom. The molecule has 0 unspecified atom stereocenters. The summed E-state index contributed by atoms with van der Waals surface area (Å²) in [7, 11) is 0. The number of aromatic nitrogens is 2. The van der Waals surface area contributed by atoms with Crippen LogP contribution in [0.1, 0.15) is 29.0 Å². The van der Waals surface area contributed by atoms with Crippen LogP contribution in [0.2, 0.25) is 0 Å². The highest BCUT2D eigenvalue weighted by Crippen LogP contribution is 2.29. The zero-order valence-electron chi connectivity index (χ0n) is 15.9. The number of carbonyl (C=O) groups is 1. The Hall–Kier alpha value is -3.20. The molecule has 0 aliphatic rings. The molecule has 2 aromatic carbocycles. The van der Waals surface area contributed by atoms with Crippen molar-refractivity contribution < 1.29 is 27.6 Å². The summed E-state index contributed by atoms with van der Waals surface area (Å²) in [5, 5.41) is 15.6. The molecule has 6 nitrogen and oxygen atoms in total. The third-order valence-corrected chi connectivity index (χ3v) is 4.43. The van der Waals surface area contributed by atoms with E-state index in [0.29, 0.717) is 37.6 Å². The molecule has 3 rings (SSSR count). The van der Waals surface area contributed by atoms with Crippen LogP contribution in [0.3, 0.4) is 0 Å². The number of rotatable bonds is 9. The second-order valence-corrected chi connectivity index (χ2v) is 6.72. The van der Waals surface area contributed by atoms with Gasteiger partial charge in [-0.05, 0) is 29.7 Å². The summed E-state index contributed by atoms with van der Waals surface area (Å²) in [4.78, 5) is 14.8. The summed E-state index contributed by atoms with van der Waals surface area (Å²) in [5.41, 5.74) is 1.85. The third kappa shape index (κ3) is 6.15. The van der Waals surface area contributed by atoms with Crippen molar-refractivity contribution in [3.05, 3.63) is 71.1 Å². The lowest BCUT2D eigenvalue weighted by atomic mass is 10.1. The zero-order valence-corrected chi connectivity index (χ0v) is 15.9. The molecule has 0 saturated carbocycles. The maximum Gasteiger partial charge on any atom is 0.416 e. The van der Waals surface area contributed by atoms with Crippen LogP contribution in [0.4, 0.5) is 13.2 Å². The molecular formula is C21H20F3N3O3. The van der Waals surface area contributed by atoms with Gasteiger partial charge in [-0.15, -0.1) is 0 Å². The van der Waals surface area contributed by atoms with Gasteiger partial charge >= 0.3 is 12.1 Å². The van der Waals surface area contributed by atoms with Crippen LogP contribution >= 0.6 is 0 Å². The van der Waals surface area contributed by atoms with Gasteiger partial charge in [-0.1, -0.05) is 41.6 Å². The van der Waals surface area contributed by atoms with Crippen molar-refractivity contribution >= 4 is 5.97 Å². The van der Waals surface area contributed by atoms with Crippen LogP contribution in [0.25, 0.3) is 11.4 Å². The SMILES string of the molecule is O=C(O)CCNCc1ccc(-c2noc(CCc3ccc(C(F)(F)F)cc3)n2)cc1. The molecule has 1 heterocycles. The number of aliphatic carboxylic acids is 1. The topological polar surface area (TPSA) is 88.2 Å². The second kappa shape index (κ2) is 9.53. The Labute approximate surface area is 170 Å². The molecule has 0 radical (unpaired) electrons. The van der Waals surface area contributed by atoms with Gasteiger partial charge in [0, 0.05) is 25.1 Å². The molecule has 0 amide bonds. The van der Waals surface area contributed by atoms with E-state index in [-0.39, 0.29) is 6.42 Å². The monoisotopic (exact) mass is 419 g/mol.